The molecule has 2 atom stereocenters. The Morgan fingerprint density at radius 1 is 0.722 bits per heavy atom. The molecular formula is C16H40N2. The van der Waals surface area contributed by atoms with Crippen molar-refractivity contribution in [2.24, 2.45) is 0 Å². The molecule has 2 aliphatic heterocycles. The second-order valence-electron chi connectivity index (χ2n) is 3.71. The first-order valence-corrected chi connectivity index (χ1v) is 8.29. The van der Waals surface area contributed by atoms with E-state index in [1.807, 2.05) is 55.4 Å². The van der Waals surface area contributed by atoms with Gasteiger partial charge in [0.1, 0.15) is 0 Å². The zero-order valence-electron chi connectivity index (χ0n) is 14.6. The van der Waals surface area contributed by atoms with Gasteiger partial charge in [-0.15, -0.1) is 0 Å². The van der Waals surface area contributed by atoms with Crippen molar-refractivity contribution < 1.29 is 0 Å². The molecule has 2 fully saturated rings. The maximum absolute atomic E-state index is 3.64. The molecule has 0 radical (unpaired) electrons. The topological polar surface area (TPSA) is 15.3 Å². The lowest BCUT2D eigenvalue weighted by Gasteiger charge is -2.40. The van der Waals surface area contributed by atoms with Crippen LogP contribution in [0.15, 0.2) is 0 Å². The van der Waals surface area contributed by atoms with Crippen LogP contribution in [0, 0.1) is 0 Å². The summed E-state index contributed by atoms with van der Waals surface area (Å²) in [5.74, 6) is 0. The van der Waals surface area contributed by atoms with Crippen LogP contribution in [-0.4, -0.2) is 37.1 Å². The summed E-state index contributed by atoms with van der Waals surface area (Å²) in [5, 5.41) is 3.64. The van der Waals surface area contributed by atoms with E-state index in [1.165, 1.54) is 32.4 Å². The van der Waals surface area contributed by atoms with E-state index in [0.29, 0.717) is 0 Å². The molecule has 2 unspecified atom stereocenters. The van der Waals surface area contributed by atoms with Gasteiger partial charge in [-0.25, -0.2) is 0 Å². The molecule has 2 aliphatic rings. The minimum Gasteiger partial charge on any atom is -0.309 e. The Morgan fingerprint density at radius 2 is 1.06 bits per heavy atom. The molecular weight excluding hydrogens is 220 g/mol. The van der Waals surface area contributed by atoms with Crippen LogP contribution in [0.3, 0.4) is 0 Å². The standard InChI is InChI=1S/C8H16N2.4C2H6/c1-10-5-7-3-2-4-8(6-10)9-7;4*1-2/h7-9H,2-6H2,1H3;4*1-2H3. The van der Waals surface area contributed by atoms with Crippen LogP contribution in [0.1, 0.15) is 74.7 Å². The highest BCUT2D eigenvalue weighted by Crippen LogP contribution is 2.17. The molecule has 2 heteroatoms. The molecule has 0 aliphatic carbocycles. The number of likely N-dealkylation sites (tertiary alicyclic amines) is 1. The van der Waals surface area contributed by atoms with E-state index in [1.54, 1.807) is 0 Å². The van der Waals surface area contributed by atoms with Gasteiger partial charge < -0.3 is 10.2 Å². The van der Waals surface area contributed by atoms with Crippen LogP contribution < -0.4 is 5.32 Å². The van der Waals surface area contributed by atoms with Gasteiger partial charge in [0.05, 0.1) is 0 Å². The van der Waals surface area contributed by atoms with Crippen molar-refractivity contribution in [3.63, 3.8) is 0 Å². The van der Waals surface area contributed by atoms with Gasteiger partial charge in [-0.1, -0.05) is 61.8 Å². The van der Waals surface area contributed by atoms with Gasteiger partial charge in [0.25, 0.3) is 0 Å². The first-order valence-electron chi connectivity index (χ1n) is 8.29. The second-order valence-corrected chi connectivity index (χ2v) is 3.71. The smallest absolute Gasteiger partial charge is 0.0198 e. The van der Waals surface area contributed by atoms with E-state index >= 15 is 0 Å². The molecule has 114 valence electrons. The molecule has 1 N–H and O–H groups in total. The van der Waals surface area contributed by atoms with E-state index in [2.05, 4.69) is 17.3 Å². The Hall–Kier alpha value is -0.0800. The highest BCUT2D eigenvalue weighted by atomic mass is 15.2. The lowest BCUT2D eigenvalue weighted by Crippen LogP contribution is -2.57. The zero-order valence-corrected chi connectivity index (χ0v) is 14.6. The number of piperazine rings is 1. The van der Waals surface area contributed by atoms with Crippen molar-refractivity contribution in [3.05, 3.63) is 0 Å². The molecule has 2 saturated heterocycles. The maximum Gasteiger partial charge on any atom is 0.0198 e. The number of hydrogen-bond acceptors (Lipinski definition) is 2. The highest BCUT2D eigenvalue weighted by molar-refractivity contribution is 4.88. The lowest BCUT2D eigenvalue weighted by molar-refractivity contribution is 0.150. The van der Waals surface area contributed by atoms with Crippen LogP contribution >= 0.6 is 0 Å². The van der Waals surface area contributed by atoms with Gasteiger partial charge in [-0.2, -0.15) is 0 Å². The predicted molar refractivity (Wildman–Crippen MR) is 87.5 cm³/mol. The number of rotatable bonds is 0. The van der Waals surface area contributed by atoms with Crippen LogP contribution in [-0.2, 0) is 0 Å². The van der Waals surface area contributed by atoms with Crippen molar-refractivity contribution in [3.8, 4) is 0 Å². The van der Waals surface area contributed by atoms with Crippen LogP contribution in [0.2, 0.25) is 0 Å². The average molecular weight is 261 g/mol. The van der Waals surface area contributed by atoms with Crippen LogP contribution in [0.25, 0.3) is 0 Å². The lowest BCUT2D eigenvalue weighted by atomic mass is 9.95. The monoisotopic (exact) mass is 260 g/mol. The van der Waals surface area contributed by atoms with Crippen molar-refractivity contribution in [1.29, 1.82) is 0 Å². The summed E-state index contributed by atoms with van der Waals surface area (Å²) >= 11 is 0. The Bertz CT molecular complexity index is 110. The summed E-state index contributed by atoms with van der Waals surface area (Å²) in [6.07, 6.45) is 4.22. The third-order valence-corrected chi connectivity index (χ3v) is 2.64. The van der Waals surface area contributed by atoms with Gasteiger partial charge in [-0.05, 0) is 19.9 Å². The summed E-state index contributed by atoms with van der Waals surface area (Å²) in [4.78, 5) is 2.45. The van der Waals surface area contributed by atoms with Gasteiger partial charge in [0, 0.05) is 25.2 Å². The number of nitrogens with one attached hydrogen (secondary N) is 1. The number of hydrogen-bond donors (Lipinski definition) is 1. The summed E-state index contributed by atoms with van der Waals surface area (Å²) in [7, 11) is 2.23. The van der Waals surface area contributed by atoms with E-state index in [4.69, 9.17) is 0 Å². The fourth-order valence-corrected chi connectivity index (χ4v) is 2.23. The molecule has 0 aromatic rings. The maximum atomic E-state index is 3.64. The third kappa shape index (κ3) is 11.0. The number of likely N-dealkylation sites (N-methyl/N-ethyl adjacent to an activating group) is 1. The summed E-state index contributed by atoms with van der Waals surface area (Å²) < 4.78 is 0. The molecule has 18 heavy (non-hydrogen) atoms. The molecule has 2 bridgehead atoms. The second kappa shape index (κ2) is 19.3. The van der Waals surface area contributed by atoms with Gasteiger partial charge >= 0.3 is 0 Å². The fraction of sp³-hybridized carbons (Fsp3) is 1.00. The van der Waals surface area contributed by atoms with Gasteiger partial charge in [0.2, 0.25) is 0 Å². The average Bonchev–Trinajstić information content (AvgIpc) is 2.47. The normalized spacial score (nSPS) is 24.5. The first kappa shape index (κ1) is 23.0. The Labute approximate surface area is 118 Å². The quantitative estimate of drug-likeness (QED) is 0.687. The van der Waals surface area contributed by atoms with Gasteiger partial charge in [0.15, 0.2) is 0 Å². The summed E-state index contributed by atoms with van der Waals surface area (Å²) in [5.41, 5.74) is 0. The van der Waals surface area contributed by atoms with Crippen molar-refractivity contribution in [2.45, 2.75) is 86.7 Å². The van der Waals surface area contributed by atoms with Crippen molar-refractivity contribution >= 4 is 0 Å². The molecule has 0 aromatic carbocycles. The largest absolute Gasteiger partial charge is 0.309 e. The van der Waals surface area contributed by atoms with E-state index in [0.717, 1.165) is 12.1 Å². The zero-order chi connectivity index (χ0) is 15.0. The van der Waals surface area contributed by atoms with E-state index < -0.39 is 0 Å². The summed E-state index contributed by atoms with van der Waals surface area (Å²) in [6.45, 7) is 18.5. The Kier molecular flexibility index (Phi) is 24.7. The Morgan fingerprint density at radius 3 is 1.39 bits per heavy atom. The number of fused-ring (bicyclic) bond motifs is 2. The molecule has 2 rings (SSSR count). The van der Waals surface area contributed by atoms with Gasteiger partial charge in [-0.3, -0.25) is 0 Å². The Balaban J connectivity index is -0.000000244. The fourth-order valence-electron chi connectivity index (χ4n) is 2.23. The SMILES string of the molecule is CC.CC.CC.CC.CN1CC2CCCC(C1)N2. The molecule has 0 aromatic heterocycles. The van der Waals surface area contributed by atoms with E-state index in [9.17, 15) is 0 Å². The van der Waals surface area contributed by atoms with E-state index in [-0.39, 0.29) is 0 Å². The van der Waals surface area contributed by atoms with Crippen LogP contribution in [0.4, 0.5) is 0 Å². The summed E-state index contributed by atoms with van der Waals surface area (Å²) in [6, 6.07) is 1.61. The molecule has 2 nitrogen and oxygen atoms in total. The number of piperidine rings is 1. The molecule has 0 amide bonds. The third-order valence-electron chi connectivity index (χ3n) is 2.64. The molecule has 0 spiro atoms. The predicted octanol–water partition coefficient (Wildman–Crippen LogP) is 4.55. The highest BCUT2D eigenvalue weighted by Gasteiger charge is 2.27. The first-order chi connectivity index (χ1) is 8.84. The molecule has 0 saturated carbocycles. The van der Waals surface area contributed by atoms with Crippen molar-refractivity contribution in [2.75, 3.05) is 20.1 Å². The minimum absolute atomic E-state index is 0.803. The van der Waals surface area contributed by atoms with Crippen molar-refractivity contribution in [1.82, 2.24) is 10.2 Å². The van der Waals surface area contributed by atoms with Crippen LogP contribution in [0.5, 0.6) is 0 Å². The minimum atomic E-state index is 0.803. The number of nitrogens with zero attached hydrogens (tertiary/aromatic N) is 1. The molecule has 2 heterocycles.